The lowest BCUT2D eigenvalue weighted by molar-refractivity contribution is -0.164. The number of carbonyl (C=O) groups is 1. The van der Waals surface area contributed by atoms with Crippen molar-refractivity contribution in [2.75, 3.05) is 13.2 Å². The predicted octanol–water partition coefficient (Wildman–Crippen LogP) is 5.41. The maximum absolute atomic E-state index is 13.2. The van der Waals surface area contributed by atoms with Crippen LogP contribution in [0.2, 0.25) is 0 Å². The van der Waals surface area contributed by atoms with Gasteiger partial charge in [-0.05, 0) is 105 Å². The molecule has 0 aromatic carbocycles. The number of ether oxygens (including phenoxy) is 1. The quantitative estimate of drug-likeness (QED) is 0.199. The molecule has 0 aliphatic carbocycles. The van der Waals surface area contributed by atoms with Gasteiger partial charge in [-0.25, -0.2) is 4.98 Å². The van der Waals surface area contributed by atoms with Gasteiger partial charge in [0.15, 0.2) is 0 Å². The minimum Gasteiger partial charge on any atom is -0.394 e. The zero-order chi connectivity index (χ0) is 34.4. The lowest BCUT2D eigenvalue weighted by atomic mass is 9.86. The molecule has 3 aliphatic rings. The fourth-order valence-electron chi connectivity index (χ4n) is 7.64. The normalized spacial score (nSPS) is 24.3. The number of aryl methyl sites for hydroxylation is 4. The Bertz CT molecular complexity index is 1920. The number of nitrogens with one attached hydrogen (secondary N) is 3. The highest BCUT2D eigenvalue weighted by Crippen LogP contribution is 2.42. The van der Waals surface area contributed by atoms with Crippen LogP contribution in [0.1, 0.15) is 104 Å². The maximum Gasteiger partial charge on any atom is 0.220 e. The highest BCUT2D eigenvalue weighted by Gasteiger charge is 2.39. The standard InChI is InChI=1S/C38H49N5O5/c1-8-23-20(5)29-15-32-24(9-2)19(4)28(40-32)14-30-21(6)25(10-11-35(45)42-33-17-48-34(16-44)38(47)37(33)46)36(43-30)22(7)27-12-18(3)26(39-27)13-31(23)41-29/h12-15,21,25,33-34,37-40,44,46-47H,8-11,16-17H2,1-7H3,(H,42,45)/t21-,25-,33-,34+,37+,38-/m0/s1. The molecule has 3 aromatic rings. The molecule has 1 amide bonds. The maximum atomic E-state index is 13.2. The molecular formula is C38H49N5O5. The largest absolute Gasteiger partial charge is 0.394 e. The molecule has 10 heteroatoms. The zero-order valence-corrected chi connectivity index (χ0v) is 29.1. The number of H-pyrrole nitrogens is 2. The first-order chi connectivity index (χ1) is 22.9. The van der Waals surface area contributed by atoms with Crippen LogP contribution in [0.3, 0.4) is 0 Å². The Morgan fingerprint density at radius 3 is 2.33 bits per heavy atom. The summed E-state index contributed by atoms with van der Waals surface area (Å²) in [6.07, 6.45) is -0.841. The molecule has 6 heterocycles. The van der Waals surface area contributed by atoms with E-state index in [0.29, 0.717) is 6.42 Å². The van der Waals surface area contributed by atoms with Crippen molar-refractivity contribution in [3.05, 3.63) is 69.3 Å². The van der Waals surface area contributed by atoms with Crippen molar-refractivity contribution < 1.29 is 24.9 Å². The van der Waals surface area contributed by atoms with Crippen molar-refractivity contribution in [2.45, 2.75) is 110 Å². The van der Waals surface area contributed by atoms with Crippen molar-refractivity contribution in [1.29, 1.82) is 0 Å². The number of rotatable bonds is 7. The predicted molar refractivity (Wildman–Crippen MR) is 189 cm³/mol. The van der Waals surface area contributed by atoms with E-state index in [1.807, 2.05) is 0 Å². The number of nitrogens with zero attached hydrogens (tertiary/aromatic N) is 2. The van der Waals surface area contributed by atoms with Crippen LogP contribution in [0.5, 0.6) is 0 Å². The summed E-state index contributed by atoms with van der Waals surface area (Å²) in [5.74, 6) is -0.211. The van der Waals surface area contributed by atoms with Crippen molar-refractivity contribution in [1.82, 2.24) is 25.3 Å². The third kappa shape index (κ3) is 6.11. The van der Waals surface area contributed by atoms with Gasteiger partial charge in [-0.15, -0.1) is 0 Å². The molecule has 0 saturated carbocycles. The second-order valence-electron chi connectivity index (χ2n) is 13.7. The third-order valence-electron chi connectivity index (χ3n) is 10.8. The van der Waals surface area contributed by atoms with Crippen molar-refractivity contribution in [3.8, 4) is 0 Å². The van der Waals surface area contributed by atoms with Gasteiger partial charge in [0, 0.05) is 51.7 Å². The fourth-order valence-corrected chi connectivity index (χ4v) is 7.64. The van der Waals surface area contributed by atoms with Crippen LogP contribution in [-0.4, -0.2) is 78.7 Å². The molecule has 6 atom stereocenters. The number of aliphatic hydroxyl groups excluding tert-OH is 3. The van der Waals surface area contributed by atoms with Crippen LogP contribution in [0.25, 0.3) is 33.2 Å². The first-order valence-electron chi connectivity index (χ1n) is 17.2. The van der Waals surface area contributed by atoms with Crippen LogP contribution in [0, 0.1) is 20.8 Å². The van der Waals surface area contributed by atoms with E-state index < -0.39 is 31.0 Å². The van der Waals surface area contributed by atoms with Crippen molar-refractivity contribution >= 4 is 39.1 Å². The minimum atomic E-state index is -1.28. The van der Waals surface area contributed by atoms with E-state index in [-0.39, 0.29) is 30.8 Å². The monoisotopic (exact) mass is 655 g/mol. The molecule has 10 nitrogen and oxygen atoms in total. The van der Waals surface area contributed by atoms with Gasteiger partial charge in [-0.1, -0.05) is 20.8 Å². The second kappa shape index (κ2) is 13.6. The van der Waals surface area contributed by atoms with Gasteiger partial charge in [-0.2, -0.15) is 0 Å². The summed E-state index contributed by atoms with van der Waals surface area (Å²) >= 11 is 0. The fraction of sp³-hybridized carbons (Fsp3) is 0.500. The third-order valence-corrected chi connectivity index (χ3v) is 10.8. The SMILES string of the molecule is CCC1=C(C)c2cc3[nH]c(cc4nc(c(C)c5cc(C)c(cc1n2)[nH]5)[C@@H](CCC(=O)N[C@H]1CO[C@H](CO)[C@H](O)[C@@H]1O)[C@@H]4C)c(C)c3CC. The average molecular weight is 656 g/mol. The Morgan fingerprint density at radius 1 is 0.917 bits per heavy atom. The molecule has 256 valence electrons. The first-order valence-corrected chi connectivity index (χ1v) is 17.2. The molecule has 0 spiro atoms. The minimum absolute atomic E-state index is 0.0163. The zero-order valence-electron chi connectivity index (χ0n) is 29.1. The summed E-state index contributed by atoms with van der Waals surface area (Å²) in [6, 6.07) is 7.91. The molecule has 6 rings (SSSR count). The van der Waals surface area contributed by atoms with E-state index in [1.165, 1.54) is 22.3 Å². The number of aliphatic hydroxyl groups is 3. The molecule has 8 bridgehead atoms. The van der Waals surface area contributed by atoms with Gasteiger partial charge >= 0.3 is 0 Å². The summed E-state index contributed by atoms with van der Waals surface area (Å²) in [5, 5.41) is 33.0. The summed E-state index contributed by atoms with van der Waals surface area (Å²) in [7, 11) is 0. The highest BCUT2D eigenvalue weighted by atomic mass is 16.5. The molecule has 3 aliphatic heterocycles. The molecule has 1 saturated heterocycles. The van der Waals surface area contributed by atoms with Gasteiger partial charge in [0.25, 0.3) is 0 Å². The smallest absolute Gasteiger partial charge is 0.220 e. The van der Waals surface area contributed by atoms with Crippen LogP contribution in [0.15, 0.2) is 24.3 Å². The Balaban J connectivity index is 1.44. The van der Waals surface area contributed by atoms with Crippen LogP contribution >= 0.6 is 0 Å². The Labute approximate surface area is 281 Å². The number of amides is 1. The summed E-state index contributed by atoms with van der Waals surface area (Å²) < 4.78 is 5.46. The summed E-state index contributed by atoms with van der Waals surface area (Å²) in [5.41, 5.74) is 15.0. The number of aromatic amines is 2. The number of allylic oxidation sites excluding steroid dienone is 2. The number of aromatic nitrogens is 4. The van der Waals surface area contributed by atoms with Crippen LogP contribution in [-0.2, 0) is 16.0 Å². The second-order valence-corrected chi connectivity index (χ2v) is 13.7. The number of carbonyl (C=O) groups excluding carboxylic acids is 1. The molecule has 48 heavy (non-hydrogen) atoms. The highest BCUT2D eigenvalue weighted by molar-refractivity contribution is 5.92. The molecule has 0 radical (unpaired) electrons. The van der Waals surface area contributed by atoms with E-state index in [4.69, 9.17) is 14.7 Å². The average Bonchev–Trinajstić information content (AvgIpc) is 3.76. The molecule has 0 unspecified atom stereocenters. The topological polar surface area (TPSA) is 156 Å². The van der Waals surface area contributed by atoms with E-state index in [0.717, 1.165) is 68.8 Å². The number of fused-ring (bicyclic) bond motifs is 8. The van der Waals surface area contributed by atoms with Gasteiger partial charge < -0.3 is 35.3 Å². The van der Waals surface area contributed by atoms with Gasteiger partial charge in [0.2, 0.25) is 5.91 Å². The van der Waals surface area contributed by atoms with Crippen LogP contribution in [0.4, 0.5) is 0 Å². The molecule has 1 fully saturated rings. The van der Waals surface area contributed by atoms with Crippen LogP contribution < -0.4 is 5.32 Å². The lowest BCUT2D eigenvalue weighted by Crippen LogP contribution is -2.59. The first kappa shape index (κ1) is 34.0. The Hall–Kier alpha value is -3.83. The van der Waals surface area contributed by atoms with E-state index >= 15 is 0 Å². The Kier molecular flexibility index (Phi) is 9.64. The summed E-state index contributed by atoms with van der Waals surface area (Å²) in [4.78, 5) is 30.9. The van der Waals surface area contributed by atoms with E-state index in [9.17, 15) is 20.1 Å². The molecule has 3 aromatic heterocycles. The van der Waals surface area contributed by atoms with E-state index in [2.05, 4.69) is 88.0 Å². The van der Waals surface area contributed by atoms with Gasteiger partial charge in [0.1, 0.15) is 18.3 Å². The summed E-state index contributed by atoms with van der Waals surface area (Å²) in [6.45, 7) is 14.7. The van der Waals surface area contributed by atoms with E-state index in [1.54, 1.807) is 0 Å². The lowest BCUT2D eigenvalue weighted by Gasteiger charge is -2.37. The number of hydrogen-bond donors (Lipinski definition) is 6. The van der Waals surface area contributed by atoms with Gasteiger partial charge in [-0.3, -0.25) is 9.78 Å². The van der Waals surface area contributed by atoms with Crippen molar-refractivity contribution in [2.24, 2.45) is 0 Å². The van der Waals surface area contributed by atoms with Crippen molar-refractivity contribution in [3.63, 3.8) is 0 Å². The molecular weight excluding hydrogens is 606 g/mol. The Morgan fingerprint density at radius 2 is 1.62 bits per heavy atom. The number of hydrogen-bond acceptors (Lipinski definition) is 7. The molecule has 6 N–H and O–H groups in total. The van der Waals surface area contributed by atoms with Gasteiger partial charge in [0.05, 0.1) is 30.6 Å².